The Morgan fingerprint density at radius 3 is 2.73 bits per heavy atom. The molecule has 2 nitrogen and oxygen atoms in total. The quantitative estimate of drug-likeness (QED) is 0.358. The largest absolute Gasteiger partial charge is 0.366 e. The summed E-state index contributed by atoms with van der Waals surface area (Å²) < 4.78 is 6.06. The zero-order chi connectivity index (χ0) is 16.1. The van der Waals surface area contributed by atoms with Gasteiger partial charge in [-0.25, -0.2) is 0 Å². The number of rotatable bonds is 0. The molecule has 2 fully saturated rings. The molecule has 0 radical (unpaired) electrons. The van der Waals surface area contributed by atoms with E-state index in [1.54, 1.807) is 0 Å². The summed E-state index contributed by atoms with van der Waals surface area (Å²) in [5.41, 5.74) is 3.94. The average Bonchev–Trinajstić information content (AvgIpc) is 2.92. The van der Waals surface area contributed by atoms with Crippen molar-refractivity contribution in [2.24, 2.45) is 11.3 Å². The number of hydrogen-bond donors (Lipinski definition) is 0. The Morgan fingerprint density at radius 1 is 1.32 bits per heavy atom. The molecule has 1 aliphatic heterocycles. The molecule has 3 rings (SSSR count). The lowest BCUT2D eigenvalue weighted by atomic mass is 9.71. The van der Waals surface area contributed by atoms with Gasteiger partial charge in [0.2, 0.25) is 0 Å². The van der Waals surface area contributed by atoms with Crippen LogP contribution in [0.15, 0.2) is 22.8 Å². The number of allylic oxidation sites excluding steroid dienone is 4. The predicted molar refractivity (Wildman–Crippen MR) is 89.7 cm³/mol. The van der Waals surface area contributed by atoms with Crippen LogP contribution in [0.1, 0.15) is 73.1 Å². The van der Waals surface area contributed by atoms with E-state index < -0.39 is 0 Å². The number of Topliss-reactive ketones (excluding diaryl/α,β-unsaturated/α-hetero) is 1. The second-order valence-corrected chi connectivity index (χ2v) is 8.47. The third-order valence-electron chi connectivity index (χ3n) is 6.24. The molecule has 0 aromatic carbocycles. The highest BCUT2D eigenvalue weighted by Gasteiger charge is 2.57. The fraction of sp³-hybridized carbons (Fsp3) is 0.750. The van der Waals surface area contributed by atoms with Gasteiger partial charge in [-0.1, -0.05) is 24.1 Å². The van der Waals surface area contributed by atoms with Crippen molar-refractivity contribution in [1.29, 1.82) is 0 Å². The molecule has 2 heteroatoms. The van der Waals surface area contributed by atoms with E-state index in [0.717, 1.165) is 37.7 Å². The Kier molecular flexibility index (Phi) is 3.87. The topological polar surface area (TPSA) is 29.6 Å². The van der Waals surface area contributed by atoms with Crippen LogP contribution >= 0.6 is 0 Å². The van der Waals surface area contributed by atoms with Crippen LogP contribution in [-0.2, 0) is 9.53 Å². The van der Waals surface area contributed by atoms with E-state index in [9.17, 15) is 4.79 Å². The highest BCUT2D eigenvalue weighted by molar-refractivity contribution is 5.99. The summed E-state index contributed by atoms with van der Waals surface area (Å²) in [5.74, 6) is 0.786. The number of epoxide rings is 1. The Morgan fingerprint density at radius 2 is 2.05 bits per heavy atom. The van der Waals surface area contributed by atoms with Gasteiger partial charge in [-0.3, -0.25) is 4.79 Å². The molecule has 0 aromatic heterocycles. The van der Waals surface area contributed by atoms with E-state index >= 15 is 0 Å². The molecule has 22 heavy (non-hydrogen) atoms. The van der Waals surface area contributed by atoms with Crippen LogP contribution < -0.4 is 0 Å². The van der Waals surface area contributed by atoms with Crippen molar-refractivity contribution >= 4 is 5.78 Å². The molecule has 3 aliphatic rings. The molecule has 0 amide bonds. The van der Waals surface area contributed by atoms with Crippen molar-refractivity contribution < 1.29 is 9.53 Å². The number of fused-ring (bicyclic) bond motifs is 2. The minimum Gasteiger partial charge on any atom is -0.366 e. The van der Waals surface area contributed by atoms with Crippen LogP contribution in [0, 0.1) is 11.3 Å². The Hall–Kier alpha value is -0.890. The van der Waals surface area contributed by atoms with Crippen molar-refractivity contribution in [2.45, 2.75) is 84.8 Å². The van der Waals surface area contributed by atoms with Gasteiger partial charge in [0.15, 0.2) is 5.78 Å². The van der Waals surface area contributed by atoms with Crippen LogP contribution in [0.5, 0.6) is 0 Å². The van der Waals surface area contributed by atoms with Gasteiger partial charge >= 0.3 is 0 Å². The van der Waals surface area contributed by atoms with Gasteiger partial charge in [-0.2, -0.15) is 0 Å². The molecule has 1 saturated heterocycles. The average molecular weight is 302 g/mol. The van der Waals surface area contributed by atoms with Gasteiger partial charge in [0.1, 0.15) is 0 Å². The number of carbonyl (C=O) groups is 1. The minimum atomic E-state index is 0.0471. The maximum atomic E-state index is 12.6. The maximum absolute atomic E-state index is 12.6. The third kappa shape index (κ3) is 2.71. The summed E-state index contributed by atoms with van der Waals surface area (Å²) in [7, 11) is 0. The SMILES string of the molecule is CC(C)=C1C(=O)C[C@@]2(C)C[C@H]3OC3(C)CC/C=C(/C)CCC12. The highest BCUT2D eigenvalue weighted by atomic mass is 16.6. The van der Waals surface area contributed by atoms with E-state index in [0.29, 0.717) is 24.2 Å². The summed E-state index contributed by atoms with van der Waals surface area (Å²) >= 11 is 0. The highest BCUT2D eigenvalue weighted by Crippen LogP contribution is 2.56. The van der Waals surface area contributed by atoms with E-state index in [1.807, 2.05) is 0 Å². The Labute approximate surface area is 135 Å². The zero-order valence-corrected chi connectivity index (χ0v) is 14.8. The zero-order valence-electron chi connectivity index (χ0n) is 14.8. The fourth-order valence-electron chi connectivity index (χ4n) is 4.73. The van der Waals surface area contributed by atoms with Gasteiger partial charge < -0.3 is 4.74 Å². The predicted octanol–water partition coefficient (Wildman–Crippen LogP) is 4.99. The van der Waals surface area contributed by atoms with Gasteiger partial charge in [-0.15, -0.1) is 0 Å². The first-order chi connectivity index (χ1) is 10.3. The number of hydrogen-bond acceptors (Lipinski definition) is 2. The van der Waals surface area contributed by atoms with Crippen LogP contribution in [0.3, 0.4) is 0 Å². The lowest BCUT2D eigenvalue weighted by Crippen LogP contribution is -2.26. The first kappa shape index (κ1) is 16.0. The van der Waals surface area contributed by atoms with E-state index in [4.69, 9.17) is 4.74 Å². The summed E-state index contributed by atoms with van der Waals surface area (Å²) in [6, 6.07) is 0. The van der Waals surface area contributed by atoms with Crippen LogP contribution in [0.4, 0.5) is 0 Å². The molecule has 0 N–H and O–H groups in total. The third-order valence-corrected chi connectivity index (χ3v) is 6.24. The van der Waals surface area contributed by atoms with Crippen molar-refractivity contribution in [3.8, 4) is 0 Å². The molecule has 1 heterocycles. The van der Waals surface area contributed by atoms with Gasteiger partial charge in [0.05, 0.1) is 11.7 Å². The van der Waals surface area contributed by atoms with E-state index in [-0.39, 0.29) is 11.0 Å². The summed E-state index contributed by atoms with van der Waals surface area (Å²) in [5, 5.41) is 0. The lowest BCUT2D eigenvalue weighted by Gasteiger charge is -2.31. The molecule has 122 valence electrons. The molecule has 2 aliphatic carbocycles. The minimum absolute atomic E-state index is 0.0471. The number of ether oxygens (including phenoxy) is 1. The molecule has 4 atom stereocenters. The van der Waals surface area contributed by atoms with Crippen molar-refractivity contribution in [3.63, 3.8) is 0 Å². The molecule has 0 bridgehead atoms. The molecule has 2 unspecified atom stereocenters. The van der Waals surface area contributed by atoms with Gasteiger partial charge in [0, 0.05) is 6.42 Å². The van der Waals surface area contributed by atoms with Crippen LogP contribution in [-0.4, -0.2) is 17.5 Å². The molecular formula is C20H30O2. The first-order valence-corrected chi connectivity index (χ1v) is 8.79. The molecular weight excluding hydrogens is 272 g/mol. The summed E-state index contributed by atoms with van der Waals surface area (Å²) in [6.07, 6.45) is 8.92. The van der Waals surface area contributed by atoms with Crippen LogP contribution in [0.25, 0.3) is 0 Å². The standard InChI is InChI=1S/C20H30O2/c1-13(2)18-15-9-8-14(3)7-6-10-20(5)17(22-20)12-19(15,4)11-16(18)21/h7,15,17H,6,8-12H2,1-5H3/b14-7-/t15?,17-,19+,20?/m1/s1. The number of ketones is 1. The first-order valence-electron chi connectivity index (χ1n) is 8.79. The van der Waals surface area contributed by atoms with Crippen molar-refractivity contribution in [3.05, 3.63) is 22.8 Å². The lowest BCUT2D eigenvalue weighted by molar-refractivity contribution is -0.115. The Bertz CT molecular complexity index is 552. The molecule has 0 spiro atoms. The van der Waals surface area contributed by atoms with Gasteiger partial charge in [-0.05, 0) is 76.7 Å². The van der Waals surface area contributed by atoms with Crippen molar-refractivity contribution in [1.82, 2.24) is 0 Å². The summed E-state index contributed by atoms with van der Waals surface area (Å²) in [4.78, 5) is 12.6. The van der Waals surface area contributed by atoms with E-state index in [2.05, 4.69) is 40.7 Å². The maximum Gasteiger partial charge on any atom is 0.159 e. The normalized spacial score (nSPS) is 44.5. The number of carbonyl (C=O) groups excluding carboxylic acids is 1. The second-order valence-electron chi connectivity index (χ2n) is 8.47. The molecule has 1 saturated carbocycles. The molecule has 0 aromatic rings. The van der Waals surface area contributed by atoms with Crippen LogP contribution in [0.2, 0.25) is 0 Å². The fourth-order valence-corrected chi connectivity index (χ4v) is 4.73. The Balaban J connectivity index is 1.95. The summed E-state index contributed by atoms with van der Waals surface area (Å²) in [6.45, 7) is 11.0. The van der Waals surface area contributed by atoms with Crippen molar-refractivity contribution in [2.75, 3.05) is 0 Å². The van der Waals surface area contributed by atoms with E-state index in [1.165, 1.54) is 11.1 Å². The smallest absolute Gasteiger partial charge is 0.159 e. The second kappa shape index (κ2) is 5.33. The van der Waals surface area contributed by atoms with Gasteiger partial charge in [0.25, 0.3) is 0 Å². The monoisotopic (exact) mass is 302 g/mol.